The number of amides is 2. The number of benzene rings is 1. The van der Waals surface area contributed by atoms with E-state index in [0.717, 1.165) is 32.4 Å². The second-order valence-electron chi connectivity index (χ2n) is 6.98. The van der Waals surface area contributed by atoms with Crippen molar-refractivity contribution in [3.05, 3.63) is 29.3 Å². The predicted octanol–water partition coefficient (Wildman–Crippen LogP) is 2.05. The number of fused-ring (bicyclic) bond motifs is 2. The van der Waals surface area contributed by atoms with Gasteiger partial charge in [-0.05, 0) is 37.9 Å². The van der Waals surface area contributed by atoms with Gasteiger partial charge in [-0.25, -0.2) is 0 Å². The van der Waals surface area contributed by atoms with Crippen LogP contribution in [0.3, 0.4) is 0 Å². The van der Waals surface area contributed by atoms with E-state index in [-0.39, 0.29) is 30.2 Å². The number of hydrogen-bond acceptors (Lipinski definition) is 3. The maximum Gasteiger partial charge on any atom is 0.228 e. The molecule has 0 aromatic heterocycles. The fourth-order valence-electron chi connectivity index (χ4n) is 4.33. The molecule has 3 aliphatic heterocycles. The minimum atomic E-state index is -0.255. The number of nitrogens with zero attached hydrogens (tertiary/aromatic N) is 2. The molecule has 6 heteroatoms. The first-order valence-electron chi connectivity index (χ1n) is 8.73. The van der Waals surface area contributed by atoms with E-state index >= 15 is 0 Å². The zero-order valence-corrected chi connectivity index (χ0v) is 14.3. The van der Waals surface area contributed by atoms with Gasteiger partial charge in [0.05, 0.1) is 16.6 Å². The largest absolute Gasteiger partial charge is 0.335 e. The number of halogens is 1. The van der Waals surface area contributed by atoms with Crippen molar-refractivity contribution in [2.24, 2.45) is 5.92 Å². The molecule has 3 fully saturated rings. The summed E-state index contributed by atoms with van der Waals surface area (Å²) in [7, 11) is 0. The zero-order chi connectivity index (χ0) is 16.7. The van der Waals surface area contributed by atoms with Crippen molar-refractivity contribution in [1.82, 2.24) is 10.2 Å². The number of anilines is 1. The lowest BCUT2D eigenvalue weighted by Gasteiger charge is -2.30. The lowest BCUT2D eigenvalue weighted by Crippen LogP contribution is -2.46. The van der Waals surface area contributed by atoms with Crippen LogP contribution in [0.15, 0.2) is 24.3 Å². The Morgan fingerprint density at radius 1 is 1.17 bits per heavy atom. The fourth-order valence-corrected chi connectivity index (χ4v) is 4.57. The van der Waals surface area contributed by atoms with Gasteiger partial charge in [0, 0.05) is 31.6 Å². The summed E-state index contributed by atoms with van der Waals surface area (Å²) in [5, 5.41) is 3.97. The highest BCUT2D eigenvalue weighted by Crippen LogP contribution is 2.35. The molecule has 2 bridgehead atoms. The van der Waals surface area contributed by atoms with E-state index in [1.807, 2.05) is 18.2 Å². The smallest absolute Gasteiger partial charge is 0.228 e. The Morgan fingerprint density at radius 3 is 2.79 bits per heavy atom. The molecule has 24 heavy (non-hydrogen) atoms. The van der Waals surface area contributed by atoms with Gasteiger partial charge in [-0.1, -0.05) is 23.7 Å². The fraction of sp³-hybridized carbons (Fsp3) is 0.556. The standard InChI is InChI=1S/C18H22ClN3O2/c19-15-3-1-2-4-16(15)21-11-12(9-17(21)23)18(24)22-13-5-6-14(22)10-20-8-7-13/h1-4,12-14,20H,5-11H2. The van der Waals surface area contributed by atoms with Gasteiger partial charge in [-0.15, -0.1) is 0 Å². The van der Waals surface area contributed by atoms with E-state index in [1.54, 1.807) is 11.0 Å². The van der Waals surface area contributed by atoms with Gasteiger partial charge in [0.25, 0.3) is 0 Å². The molecule has 3 heterocycles. The molecule has 1 N–H and O–H groups in total. The van der Waals surface area contributed by atoms with Crippen LogP contribution in [0.1, 0.15) is 25.7 Å². The van der Waals surface area contributed by atoms with Crippen molar-refractivity contribution in [2.45, 2.75) is 37.8 Å². The molecule has 0 radical (unpaired) electrons. The summed E-state index contributed by atoms with van der Waals surface area (Å²) in [6.45, 7) is 2.28. The van der Waals surface area contributed by atoms with Crippen LogP contribution in [0.5, 0.6) is 0 Å². The van der Waals surface area contributed by atoms with Crippen LogP contribution in [-0.4, -0.2) is 48.4 Å². The summed E-state index contributed by atoms with van der Waals surface area (Å²) in [5.41, 5.74) is 0.708. The van der Waals surface area contributed by atoms with Gasteiger partial charge < -0.3 is 15.1 Å². The summed E-state index contributed by atoms with van der Waals surface area (Å²) >= 11 is 6.23. The molecule has 3 atom stereocenters. The van der Waals surface area contributed by atoms with Crippen LogP contribution in [0.2, 0.25) is 5.02 Å². The molecule has 128 valence electrons. The number of para-hydroxylation sites is 1. The van der Waals surface area contributed by atoms with Crippen molar-refractivity contribution in [3.8, 4) is 0 Å². The molecule has 5 nitrogen and oxygen atoms in total. The third-order valence-electron chi connectivity index (χ3n) is 5.53. The average molecular weight is 348 g/mol. The number of rotatable bonds is 2. The highest BCUT2D eigenvalue weighted by atomic mass is 35.5. The molecule has 3 saturated heterocycles. The Morgan fingerprint density at radius 2 is 1.96 bits per heavy atom. The van der Waals surface area contributed by atoms with Crippen molar-refractivity contribution in [1.29, 1.82) is 0 Å². The van der Waals surface area contributed by atoms with Crippen LogP contribution in [0.4, 0.5) is 5.69 Å². The molecule has 0 saturated carbocycles. The van der Waals surface area contributed by atoms with Gasteiger partial charge >= 0.3 is 0 Å². The van der Waals surface area contributed by atoms with Crippen molar-refractivity contribution >= 4 is 29.1 Å². The first kappa shape index (κ1) is 15.9. The molecule has 0 spiro atoms. The van der Waals surface area contributed by atoms with Crippen molar-refractivity contribution < 1.29 is 9.59 Å². The number of carbonyl (C=O) groups excluding carboxylic acids is 2. The first-order chi connectivity index (χ1) is 11.6. The second kappa shape index (κ2) is 6.37. The summed E-state index contributed by atoms with van der Waals surface area (Å²) in [6, 6.07) is 7.95. The van der Waals surface area contributed by atoms with E-state index in [9.17, 15) is 9.59 Å². The molecule has 1 aromatic rings. The van der Waals surface area contributed by atoms with E-state index < -0.39 is 0 Å². The van der Waals surface area contributed by atoms with Crippen molar-refractivity contribution in [3.63, 3.8) is 0 Å². The zero-order valence-electron chi connectivity index (χ0n) is 13.6. The molecule has 3 unspecified atom stereocenters. The number of hydrogen-bond donors (Lipinski definition) is 1. The third-order valence-corrected chi connectivity index (χ3v) is 5.85. The lowest BCUT2D eigenvalue weighted by atomic mass is 10.1. The van der Waals surface area contributed by atoms with E-state index in [1.165, 1.54) is 0 Å². The Bertz CT molecular complexity index is 651. The summed E-state index contributed by atoms with van der Waals surface area (Å²) < 4.78 is 0. The van der Waals surface area contributed by atoms with Crippen LogP contribution in [0.25, 0.3) is 0 Å². The first-order valence-corrected chi connectivity index (χ1v) is 9.10. The Hall–Kier alpha value is -1.59. The SMILES string of the molecule is O=C1CC(C(=O)N2C3CCNCC2CC3)CN1c1ccccc1Cl. The van der Waals surface area contributed by atoms with Gasteiger partial charge in [-0.2, -0.15) is 0 Å². The molecule has 0 aliphatic carbocycles. The highest BCUT2D eigenvalue weighted by molar-refractivity contribution is 6.33. The topological polar surface area (TPSA) is 52.7 Å². The summed E-state index contributed by atoms with van der Waals surface area (Å²) in [4.78, 5) is 29.3. The van der Waals surface area contributed by atoms with E-state index in [0.29, 0.717) is 23.3 Å². The molecule has 4 rings (SSSR count). The van der Waals surface area contributed by atoms with Crippen LogP contribution < -0.4 is 10.2 Å². The average Bonchev–Trinajstić information content (AvgIpc) is 3.06. The maximum absolute atomic E-state index is 13.1. The molecular formula is C18H22ClN3O2. The Kier molecular flexibility index (Phi) is 4.22. The quantitative estimate of drug-likeness (QED) is 0.890. The second-order valence-corrected chi connectivity index (χ2v) is 7.39. The minimum absolute atomic E-state index is 0.0123. The monoisotopic (exact) mass is 347 g/mol. The number of carbonyl (C=O) groups is 2. The van der Waals surface area contributed by atoms with Gasteiger partial charge in [-0.3, -0.25) is 9.59 Å². The maximum atomic E-state index is 13.1. The van der Waals surface area contributed by atoms with Crippen molar-refractivity contribution in [2.75, 3.05) is 24.5 Å². The van der Waals surface area contributed by atoms with Crippen LogP contribution in [0, 0.1) is 5.92 Å². The molecule has 3 aliphatic rings. The van der Waals surface area contributed by atoms with Crippen LogP contribution >= 0.6 is 11.6 Å². The summed E-state index contributed by atoms with van der Waals surface area (Å²) in [5.74, 6) is -0.120. The lowest BCUT2D eigenvalue weighted by molar-refractivity contribution is -0.138. The van der Waals surface area contributed by atoms with E-state index in [4.69, 9.17) is 11.6 Å². The van der Waals surface area contributed by atoms with Gasteiger partial charge in [0.15, 0.2) is 0 Å². The Labute approximate surface area is 146 Å². The van der Waals surface area contributed by atoms with E-state index in [2.05, 4.69) is 10.2 Å². The normalized spacial score (nSPS) is 29.9. The van der Waals surface area contributed by atoms with Crippen LogP contribution in [-0.2, 0) is 9.59 Å². The molecular weight excluding hydrogens is 326 g/mol. The summed E-state index contributed by atoms with van der Waals surface area (Å²) in [6.07, 6.45) is 3.45. The van der Waals surface area contributed by atoms with Gasteiger partial charge in [0.1, 0.15) is 0 Å². The third kappa shape index (κ3) is 2.70. The van der Waals surface area contributed by atoms with Gasteiger partial charge in [0.2, 0.25) is 11.8 Å². The minimum Gasteiger partial charge on any atom is -0.335 e. The predicted molar refractivity (Wildman–Crippen MR) is 93.1 cm³/mol. The molecule has 1 aromatic carbocycles. The Balaban J connectivity index is 1.53. The number of nitrogens with one attached hydrogen (secondary N) is 1. The highest BCUT2D eigenvalue weighted by Gasteiger charge is 2.44. The molecule has 2 amide bonds.